The molecular weight excluding hydrogens is 311 g/mol. The summed E-state index contributed by atoms with van der Waals surface area (Å²) in [5.74, 6) is -0.398. The summed E-state index contributed by atoms with van der Waals surface area (Å²) in [5.41, 5.74) is 1.37. The first-order chi connectivity index (χ1) is 11.6. The zero-order chi connectivity index (χ0) is 17.1. The summed E-state index contributed by atoms with van der Waals surface area (Å²) < 4.78 is 18.6. The van der Waals surface area contributed by atoms with Gasteiger partial charge in [-0.2, -0.15) is 0 Å². The lowest BCUT2D eigenvalue weighted by Crippen LogP contribution is -2.39. The van der Waals surface area contributed by atoms with Crippen LogP contribution in [0.1, 0.15) is 23.7 Å². The van der Waals surface area contributed by atoms with Crippen molar-refractivity contribution < 1.29 is 18.7 Å². The average molecular weight is 328 g/mol. The van der Waals surface area contributed by atoms with Crippen LogP contribution in [-0.2, 0) is 4.79 Å². The van der Waals surface area contributed by atoms with Gasteiger partial charge in [0.25, 0.3) is 11.8 Å². The van der Waals surface area contributed by atoms with E-state index in [1.54, 1.807) is 23.1 Å². The summed E-state index contributed by atoms with van der Waals surface area (Å²) >= 11 is 0. The van der Waals surface area contributed by atoms with Gasteiger partial charge >= 0.3 is 0 Å². The van der Waals surface area contributed by atoms with E-state index in [0.717, 1.165) is 6.42 Å². The highest BCUT2D eigenvalue weighted by atomic mass is 19.1. The van der Waals surface area contributed by atoms with Crippen molar-refractivity contribution in [3.8, 4) is 5.75 Å². The van der Waals surface area contributed by atoms with Crippen LogP contribution in [0, 0.1) is 5.82 Å². The molecule has 0 aliphatic carbocycles. The van der Waals surface area contributed by atoms with E-state index >= 15 is 0 Å². The molecule has 0 atom stereocenters. The number of anilines is 2. The van der Waals surface area contributed by atoms with Crippen molar-refractivity contribution in [1.29, 1.82) is 0 Å². The van der Waals surface area contributed by atoms with Gasteiger partial charge in [-0.1, -0.05) is 13.0 Å². The zero-order valence-electron chi connectivity index (χ0n) is 13.2. The Labute approximate surface area is 139 Å². The van der Waals surface area contributed by atoms with Crippen LogP contribution in [0.4, 0.5) is 15.8 Å². The number of hydrogen-bond acceptors (Lipinski definition) is 3. The molecule has 3 rings (SSSR count). The molecule has 0 unspecified atom stereocenters. The summed E-state index contributed by atoms with van der Waals surface area (Å²) in [6, 6.07) is 10.6. The van der Waals surface area contributed by atoms with Gasteiger partial charge in [-0.3, -0.25) is 9.59 Å². The van der Waals surface area contributed by atoms with Gasteiger partial charge < -0.3 is 15.0 Å². The van der Waals surface area contributed by atoms with Crippen LogP contribution in [-0.4, -0.2) is 25.0 Å². The summed E-state index contributed by atoms with van der Waals surface area (Å²) in [6.45, 7) is 2.58. The average Bonchev–Trinajstić information content (AvgIpc) is 2.57. The Morgan fingerprint density at radius 1 is 1.29 bits per heavy atom. The summed E-state index contributed by atoms with van der Waals surface area (Å²) in [5, 5.41) is 2.71. The van der Waals surface area contributed by atoms with E-state index in [2.05, 4.69) is 5.32 Å². The van der Waals surface area contributed by atoms with E-state index in [0.29, 0.717) is 23.7 Å². The van der Waals surface area contributed by atoms with Crippen molar-refractivity contribution in [2.24, 2.45) is 0 Å². The fourth-order valence-electron chi connectivity index (χ4n) is 2.58. The number of ether oxygens (including phenoxy) is 1. The first-order valence-corrected chi connectivity index (χ1v) is 7.72. The Hall–Kier alpha value is -2.89. The van der Waals surface area contributed by atoms with Gasteiger partial charge in [-0.05, 0) is 42.8 Å². The van der Waals surface area contributed by atoms with Crippen LogP contribution in [0.2, 0.25) is 0 Å². The molecule has 0 fully saturated rings. The Morgan fingerprint density at radius 2 is 2.12 bits per heavy atom. The molecular formula is C18H17FN2O3. The Kier molecular flexibility index (Phi) is 4.46. The summed E-state index contributed by atoms with van der Waals surface area (Å²) in [6.07, 6.45) is 0.811. The molecule has 1 aliphatic rings. The molecule has 0 saturated heterocycles. The van der Waals surface area contributed by atoms with Crippen molar-refractivity contribution in [3.63, 3.8) is 0 Å². The van der Waals surface area contributed by atoms with E-state index < -0.39 is 11.7 Å². The SMILES string of the molecule is CCCN1C(=O)COc2ccc(NC(=O)c3cccc(F)c3)cc21. The van der Waals surface area contributed by atoms with Gasteiger partial charge in [-0.25, -0.2) is 4.39 Å². The molecule has 0 bridgehead atoms. The maximum absolute atomic E-state index is 13.2. The van der Waals surface area contributed by atoms with E-state index in [9.17, 15) is 14.0 Å². The lowest BCUT2D eigenvalue weighted by molar-refractivity contribution is -0.121. The van der Waals surface area contributed by atoms with Gasteiger partial charge in [0.05, 0.1) is 5.69 Å². The second-order valence-electron chi connectivity index (χ2n) is 5.48. The number of nitrogens with zero attached hydrogens (tertiary/aromatic N) is 1. The topological polar surface area (TPSA) is 58.6 Å². The smallest absolute Gasteiger partial charge is 0.265 e. The molecule has 1 N–H and O–H groups in total. The number of carbonyl (C=O) groups excluding carboxylic acids is 2. The zero-order valence-corrected chi connectivity index (χ0v) is 13.2. The van der Waals surface area contributed by atoms with Crippen LogP contribution in [0.5, 0.6) is 5.75 Å². The van der Waals surface area contributed by atoms with Crippen LogP contribution >= 0.6 is 0 Å². The van der Waals surface area contributed by atoms with Crippen LogP contribution in [0.15, 0.2) is 42.5 Å². The Morgan fingerprint density at radius 3 is 2.88 bits per heavy atom. The molecule has 2 aromatic carbocycles. The van der Waals surface area contributed by atoms with Gasteiger partial charge in [-0.15, -0.1) is 0 Å². The van der Waals surface area contributed by atoms with E-state index in [1.165, 1.54) is 24.3 Å². The number of fused-ring (bicyclic) bond motifs is 1. The molecule has 2 amide bonds. The fourth-order valence-corrected chi connectivity index (χ4v) is 2.58. The second kappa shape index (κ2) is 6.70. The maximum atomic E-state index is 13.2. The number of halogens is 1. The van der Waals surface area contributed by atoms with Crippen LogP contribution in [0.3, 0.4) is 0 Å². The highest BCUT2D eigenvalue weighted by Crippen LogP contribution is 2.34. The largest absolute Gasteiger partial charge is 0.482 e. The Bertz CT molecular complexity index is 792. The number of amides is 2. The third-order valence-corrected chi connectivity index (χ3v) is 3.69. The summed E-state index contributed by atoms with van der Waals surface area (Å²) in [4.78, 5) is 25.9. The lowest BCUT2D eigenvalue weighted by Gasteiger charge is -2.29. The molecule has 6 heteroatoms. The van der Waals surface area contributed by atoms with Crippen molar-refractivity contribution >= 4 is 23.2 Å². The molecule has 0 aromatic heterocycles. The fraction of sp³-hybridized carbons (Fsp3) is 0.222. The van der Waals surface area contributed by atoms with E-state index in [1.807, 2.05) is 6.92 Å². The molecule has 0 saturated carbocycles. The van der Waals surface area contributed by atoms with E-state index in [-0.39, 0.29) is 18.1 Å². The van der Waals surface area contributed by atoms with Crippen molar-refractivity contribution in [2.75, 3.05) is 23.4 Å². The van der Waals surface area contributed by atoms with Crippen LogP contribution in [0.25, 0.3) is 0 Å². The van der Waals surface area contributed by atoms with Gasteiger partial charge in [0.15, 0.2) is 6.61 Å². The first-order valence-electron chi connectivity index (χ1n) is 7.72. The number of benzene rings is 2. The molecule has 0 radical (unpaired) electrons. The molecule has 1 aliphatic heterocycles. The predicted molar refractivity (Wildman–Crippen MR) is 88.9 cm³/mol. The Balaban J connectivity index is 1.85. The van der Waals surface area contributed by atoms with Crippen LogP contribution < -0.4 is 15.0 Å². The van der Waals surface area contributed by atoms with Gasteiger partial charge in [0.1, 0.15) is 11.6 Å². The monoisotopic (exact) mass is 328 g/mol. The van der Waals surface area contributed by atoms with Crippen molar-refractivity contribution in [2.45, 2.75) is 13.3 Å². The lowest BCUT2D eigenvalue weighted by atomic mass is 10.1. The number of carbonyl (C=O) groups is 2. The molecule has 124 valence electrons. The normalized spacial score (nSPS) is 13.2. The minimum atomic E-state index is -0.471. The minimum Gasteiger partial charge on any atom is -0.482 e. The minimum absolute atomic E-state index is 0.0159. The predicted octanol–water partition coefficient (Wildman–Crippen LogP) is 3.21. The third kappa shape index (κ3) is 3.22. The van der Waals surface area contributed by atoms with Gasteiger partial charge in [0.2, 0.25) is 0 Å². The molecule has 1 heterocycles. The van der Waals surface area contributed by atoms with E-state index in [4.69, 9.17) is 4.74 Å². The summed E-state index contributed by atoms with van der Waals surface area (Å²) in [7, 11) is 0. The first kappa shape index (κ1) is 16.0. The molecule has 0 spiro atoms. The highest BCUT2D eigenvalue weighted by Gasteiger charge is 2.25. The van der Waals surface area contributed by atoms with Crippen molar-refractivity contribution in [3.05, 3.63) is 53.8 Å². The molecule has 5 nitrogen and oxygen atoms in total. The quantitative estimate of drug-likeness (QED) is 0.937. The standard InChI is InChI=1S/C18H17FN2O3/c1-2-8-21-15-10-14(6-7-16(15)24-11-17(21)22)20-18(23)12-4-3-5-13(19)9-12/h3-7,9-10H,2,8,11H2,1H3,(H,20,23). The molecule has 2 aromatic rings. The maximum Gasteiger partial charge on any atom is 0.265 e. The third-order valence-electron chi connectivity index (χ3n) is 3.69. The number of nitrogens with one attached hydrogen (secondary N) is 1. The van der Waals surface area contributed by atoms with Crippen molar-refractivity contribution in [1.82, 2.24) is 0 Å². The molecule has 24 heavy (non-hydrogen) atoms. The number of rotatable bonds is 4. The second-order valence-corrected chi connectivity index (χ2v) is 5.48. The van der Waals surface area contributed by atoms with Gasteiger partial charge in [0, 0.05) is 17.8 Å². The highest BCUT2D eigenvalue weighted by molar-refractivity contribution is 6.05. The number of hydrogen-bond donors (Lipinski definition) is 1.